The van der Waals surface area contributed by atoms with E-state index in [4.69, 9.17) is 0 Å². The molecule has 21 heavy (non-hydrogen) atoms. The van der Waals surface area contributed by atoms with Crippen LogP contribution in [0.25, 0.3) is 0 Å². The Labute approximate surface area is 124 Å². The lowest BCUT2D eigenvalue weighted by molar-refractivity contribution is 0.0620. The van der Waals surface area contributed by atoms with Crippen molar-refractivity contribution in [3.63, 3.8) is 0 Å². The maximum Gasteiger partial charge on any atom is 0.255 e. The number of carbonyl (C=O) groups excluding carboxylic acids is 1. The number of amides is 1. The minimum Gasteiger partial charge on any atom is -0.370 e. The van der Waals surface area contributed by atoms with Gasteiger partial charge in [-0.05, 0) is 19.1 Å². The van der Waals surface area contributed by atoms with Crippen molar-refractivity contribution in [1.29, 1.82) is 0 Å². The van der Waals surface area contributed by atoms with Crippen molar-refractivity contribution in [3.05, 3.63) is 23.4 Å². The number of pyridine rings is 1. The third kappa shape index (κ3) is 4.95. The molecule has 0 atom stereocenters. The summed E-state index contributed by atoms with van der Waals surface area (Å²) >= 11 is 0. The fourth-order valence-corrected chi connectivity index (χ4v) is 1.82. The van der Waals surface area contributed by atoms with E-state index in [0.29, 0.717) is 17.9 Å². The smallest absolute Gasteiger partial charge is 0.255 e. The van der Waals surface area contributed by atoms with E-state index < -0.39 is 18.9 Å². The van der Waals surface area contributed by atoms with Gasteiger partial charge in [-0.25, -0.2) is 13.8 Å². The standard InChI is InChI=1S/C15H23F2N3O/c1-6-18-13-8-10(7-11(19-13)15(2,3)4)14(21)20(5)9-12(16)17/h7-8,12H,6,9H2,1-5H3,(H,18,19). The lowest BCUT2D eigenvalue weighted by Crippen LogP contribution is -2.31. The summed E-state index contributed by atoms with van der Waals surface area (Å²) < 4.78 is 24.8. The Morgan fingerprint density at radius 3 is 2.48 bits per heavy atom. The van der Waals surface area contributed by atoms with Crippen molar-refractivity contribution >= 4 is 11.7 Å². The monoisotopic (exact) mass is 299 g/mol. The van der Waals surface area contributed by atoms with E-state index in [1.807, 2.05) is 27.7 Å². The Bertz CT molecular complexity index is 498. The molecule has 0 radical (unpaired) electrons. The van der Waals surface area contributed by atoms with Crippen LogP contribution in [0.2, 0.25) is 0 Å². The van der Waals surface area contributed by atoms with Gasteiger partial charge in [-0.15, -0.1) is 0 Å². The second-order valence-electron chi connectivity index (χ2n) is 5.98. The number of nitrogens with one attached hydrogen (secondary N) is 1. The molecule has 0 aliphatic carbocycles. The van der Waals surface area contributed by atoms with Crippen molar-refractivity contribution in [2.24, 2.45) is 0 Å². The molecular formula is C15H23F2N3O. The average Bonchev–Trinajstić information content (AvgIpc) is 2.36. The molecule has 0 aliphatic heterocycles. The number of alkyl halides is 2. The quantitative estimate of drug-likeness (QED) is 0.908. The number of rotatable bonds is 5. The Morgan fingerprint density at radius 2 is 2.00 bits per heavy atom. The summed E-state index contributed by atoms with van der Waals surface area (Å²) in [6, 6.07) is 3.27. The van der Waals surface area contributed by atoms with Gasteiger partial charge in [-0.3, -0.25) is 4.79 Å². The number of hydrogen-bond acceptors (Lipinski definition) is 3. The maximum atomic E-state index is 12.4. The number of carbonyl (C=O) groups is 1. The Balaban J connectivity index is 3.16. The SMILES string of the molecule is CCNc1cc(C(=O)N(C)CC(F)F)cc(C(C)(C)C)n1. The van der Waals surface area contributed by atoms with Crippen LogP contribution in [0.1, 0.15) is 43.7 Å². The molecule has 1 aromatic heterocycles. The van der Waals surface area contributed by atoms with E-state index in [1.54, 1.807) is 12.1 Å². The van der Waals surface area contributed by atoms with Crippen LogP contribution in [0, 0.1) is 0 Å². The number of nitrogens with zero attached hydrogens (tertiary/aromatic N) is 2. The molecule has 1 aromatic rings. The van der Waals surface area contributed by atoms with Crippen molar-refractivity contribution in [1.82, 2.24) is 9.88 Å². The van der Waals surface area contributed by atoms with Crippen LogP contribution in [-0.2, 0) is 5.41 Å². The molecule has 1 rings (SSSR count). The van der Waals surface area contributed by atoms with E-state index in [-0.39, 0.29) is 5.41 Å². The number of hydrogen-bond donors (Lipinski definition) is 1. The van der Waals surface area contributed by atoms with E-state index in [2.05, 4.69) is 10.3 Å². The molecule has 0 spiro atoms. The highest BCUT2D eigenvalue weighted by atomic mass is 19.3. The first-order valence-electron chi connectivity index (χ1n) is 6.95. The number of anilines is 1. The molecular weight excluding hydrogens is 276 g/mol. The number of halogens is 2. The maximum absolute atomic E-state index is 12.4. The van der Waals surface area contributed by atoms with Crippen LogP contribution < -0.4 is 5.32 Å². The second kappa shape index (κ2) is 6.83. The van der Waals surface area contributed by atoms with Crippen molar-refractivity contribution in [2.75, 3.05) is 25.5 Å². The molecule has 0 fully saturated rings. The molecule has 1 heterocycles. The third-order valence-electron chi connectivity index (χ3n) is 2.96. The predicted octanol–water partition coefficient (Wildman–Crippen LogP) is 3.15. The molecule has 0 unspecified atom stereocenters. The minimum absolute atomic E-state index is 0.234. The van der Waals surface area contributed by atoms with Crippen LogP contribution in [0.5, 0.6) is 0 Å². The van der Waals surface area contributed by atoms with Crippen LogP contribution in [0.15, 0.2) is 12.1 Å². The summed E-state index contributed by atoms with van der Waals surface area (Å²) in [5.74, 6) is 0.154. The zero-order chi connectivity index (χ0) is 16.2. The lowest BCUT2D eigenvalue weighted by Gasteiger charge is -2.22. The van der Waals surface area contributed by atoms with Crippen molar-refractivity contribution in [3.8, 4) is 0 Å². The number of aromatic nitrogens is 1. The van der Waals surface area contributed by atoms with Gasteiger partial charge in [0, 0.05) is 30.3 Å². The highest BCUT2D eigenvalue weighted by Gasteiger charge is 2.21. The largest absolute Gasteiger partial charge is 0.370 e. The van der Waals surface area contributed by atoms with Crippen LogP contribution >= 0.6 is 0 Å². The Hall–Kier alpha value is -1.72. The summed E-state index contributed by atoms with van der Waals surface area (Å²) in [5.41, 5.74) is 0.880. The first kappa shape index (κ1) is 17.3. The van der Waals surface area contributed by atoms with Gasteiger partial charge < -0.3 is 10.2 Å². The van der Waals surface area contributed by atoms with Crippen molar-refractivity contribution in [2.45, 2.75) is 39.5 Å². The van der Waals surface area contributed by atoms with Gasteiger partial charge >= 0.3 is 0 Å². The van der Waals surface area contributed by atoms with E-state index in [1.165, 1.54) is 7.05 Å². The molecule has 118 valence electrons. The van der Waals surface area contributed by atoms with Gasteiger partial charge in [0.2, 0.25) is 0 Å². The minimum atomic E-state index is -2.55. The van der Waals surface area contributed by atoms with Gasteiger partial charge in [0.1, 0.15) is 5.82 Å². The topological polar surface area (TPSA) is 45.2 Å². The average molecular weight is 299 g/mol. The molecule has 6 heteroatoms. The Morgan fingerprint density at radius 1 is 1.38 bits per heavy atom. The van der Waals surface area contributed by atoms with Gasteiger partial charge in [0.15, 0.2) is 0 Å². The molecule has 0 aliphatic rings. The van der Waals surface area contributed by atoms with Crippen molar-refractivity contribution < 1.29 is 13.6 Å². The van der Waals surface area contributed by atoms with E-state index >= 15 is 0 Å². The molecule has 1 amide bonds. The van der Waals surface area contributed by atoms with Gasteiger partial charge in [0.25, 0.3) is 12.3 Å². The first-order valence-corrected chi connectivity index (χ1v) is 6.95. The van der Waals surface area contributed by atoms with Gasteiger partial charge in [0.05, 0.1) is 6.54 Å². The molecule has 0 saturated carbocycles. The molecule has 4 nitrogen and oxygen atoms in total. The molecule has 1 N–H and O–H groups in total. The van der Waals surface area contributed by atoms with Gasteiger partial charge in [-0.2, -0.15) is 0 Å². The summed E-state index contributed by atoms with van der Waals surface area (Å²) in [5, 5.41) is 3.06. The van der Waals surface area contributed by atoms with Crippen LogP contribution in [0.4, 0.5) is 14.6 Å². The molecule has 0 aromatic carbocycles. The lowest BCUT2D eigenvalue weighted by atomic mass is 9.90. The summed E-state index contributed by atoms with van der Waals surface area (Å²) in [4.78, 5) is 17.7. The fourth-order valence-electron chi connectivity index (χ4n) is 1.82. The highest BCUT2D eigenvalue weighted by molar-refractivity contribution is 5.95. The summed E-state index contributed by atoms with van der Waals surface area (Å²) in [7, 11) is 1.37. The molecule has 0 saturated heterocycles. The van der Waals surface area contributed by atoms with E-state index in [0.717, 1.165) is 10.6 Å². The predicted molar refractivity (Wildman–Crippen MR) is 80.1 cm³/mol. The normalized spacial score (nSPS) is 11.6. The fraction of sp³-hybridized carbons (Fsp3) is 0.600. The highest BCUT2D eigenvalue weighted by Crippen LogP contribution is 2.24. The van der Waals surface area contributed by atoms with Crippen LogP contribution in [0.3, 0.4) is 0 Å². The first-order chi connectivity index (χ1) is 9.65. The zero-order valence-corrected chi connectivity index (χ0v) is 13.2. The zero-order valence-electron chi connectivity index (χ0n) is 13.2. The third-order valence-corrected chi connectivity index (χ3v) is 2.96. The Kier molecular flexibility index (Phi) is 5.63. The van der Waals surface area contributed by atoms with E-state index in [9.17, 15) is 13.6 Å². The second-order valence-corrected chi connectivity index (χ2v) is 5.98. The summed E-state index contributed by atoms with van der Waals surface area (Å²) in [6.07, 6.45) is -2.55. The van der Waals surface area contributed by atoms with Crippen LogP contribution in [-0.4, -0.2) is 42.4 Å². The molecule has 0 bridgehead atoms. The summed E-state index contributed by atoms with van der Waals surface area (Å²) in [6.45, 7) is 7.98. The van der Waals surface area contributed by atoms with Gasteiger partial charge in [-0.1, -0.05) is 20.8 Å².